The molecule has 0 aromatic carbocycles. The van der Waals surface area contributed by atoms with E-state index in [1.807, 2.05) is 32.6 Å². The van der Waals surface area contributed by atoms with Crippen LogP contribution in [0.5, 0.6) is 5.88 Å². The van der Waals surface area contributed by atoms with Crippen molar-refractivity contribution in [2.75, 3.05) is 7.05 Å². The zero-order valence-corrected chi connectivity index (χ0v) is 16.9. The van der Waals surface area contributed by atoms with Gasteiger partial charge in [0, 0.05) is 38.3 Å². The third-order valence-corrected chi connectivity index (χ3v) is 5.33. The second-order valence-corrected chi connectivity index (χ2v) is 7.35. The number of aromatic nitrogens is 5. The summed E-state index contributed by atoms with van der Waals surface area (Å²) >= 11 is 0. The molecule has 0 aliphatic heterocycles. The summed E-state index contributed by atoms with van der Waals surface area (Å²) in [5, 5.41) is 8.58. The first kappa shape index (κ1) is 19.0. The standard InChI is InChI=1S/C21H24N6O2/c1-4-6-20(28)26(3)16-7-5-8-17(11-16)29-21-19-9-10-22-27(19)14-18(24-21)15-12-23-25(2)13-15/h9-10,12-14,16-17H,5,7-8,11H2,1-3H3/t16-,17+/m0/s1. The topological polar surface area (TPSA) is 77.6 Å². The van der Waals surface area contributed by atoms with Gasteiger partial charge in [0.25, 0.3) is 5.91 Å². The van der Waals surface area contributed by atoms with Crippen LogP contribution in [-0.4, -0.2) is 54.4 Å². The number of nitrogens with zero attached hydrogens (tertiary/aromatic N) is 6. The van der Waals surface area contributed by atoms with Crippen molar-refractivity contribution < 1.29 is 9.53 Å². The highest BCUT2D eigenvalue weighted by molar-refractivity contribution is 5.93. The SMILES string of the molecule is CC#CC(=O)N(C)[C@H]1CCC[C@@H](Oc2nc(-c3cnn(C)c3)cn3nccc23)C1. The van der Waals surface area contributed by atoms with Crippen molar-refractivity contribution in [3.63, 3.8) is 0 Å². The first-order chi connectivity index (χ1) is 14.0. The number of carbonyl (C=O) groups is 1. The maximum atomic E-state index is 12.1. The van der Waals surface area contributed by atoms with Crippen molar-refractivity contribution >= 4 is 11.4 Å². The van der Waals surface area contributed by atoms with Gasteiger partial charge in [-0.2, -0.15) is 10.2 Å². The summed E-state index contributed by atoms with van der Waals surface area (Å²) in [6.07, 6.45) is 10.9. The highest BCUT2D eigenvalue weighted by Gasteiger charge is 2.29. The van der Waals surface area contributed by atoms with Gasteiger partial charge in [-0.05, 0) is 38.2 Å². The summed E-state index contributed by atoms with van der Waals surface area (Å²) in [7, 11) is 3.69. The molecule has 29 heavy (non-hydrogen) atoms. The summed E-state index contributed by atoms with van der Waals surface area (Å²) in [5.74, 6) is 5.71. The van der Waals surface area contributed by atoms with Crippen molar-refractivity contribution in [1.29, 1.82) is 0 Å². The summed E-state index contributed by atoms with van der Waals surface area (Å²) in [6.45, 7) is 1.68. The molecule has 0 unspecified atom stereocenters. The smallest absolute Gasteiger partial charge is 0.298 e. The fraction of sp³-hybridized carbons (Fsp3) is 0.429. The molecule has 3 aromatic rings. The van der Waals surface area contributed by atoms with E-state index >= 15 is 0 Å². The molecular weight excluding hydrogens is 368 g/mol. The largest absolute Gasteiger partial charge is 0.473 e. The van der Waals surface area contributed by atoms with Crippen molar-refractivity contribution in [3.05, 3.63) is 30.9 Å². The van der Waals surface area contributed by atoms with Gasteiger partial charge < -0.3 is 9.64 Å². The quantitative estimate of drug-likeness (QED) is 0.637. The minimum absolute atomic E-state index is 0.0195. The van der Waals surface area contributed by atoms with Crippen molar-refractivity contribution in [2.45, 2.75) is 44.8 Å². The summed E-state index contributed by atoms with van der Waals surface area (Å²) in [5.41, 5.74) is 2.47. The maximum absolute atomic E-state index is 12.1. The average Bonchev–Trinajstić information content (AvgIpc) is 3.36. The summed E-state index contributed by atoms with van der Waals surface area (Å²) in [6, 6.07) is 2.01. The number of aryl methyl sites for hydroxylation is 1. The van der Waals surface area contributed by atoms with Crippen LogP contribution >= 0.6 is 0 Å². The number of hydrogen-bond acceptors (Lipinski definition) is 5. The molecule has 1 saturated carbocycles. The molecule has 3 heterocycles. The lowest BCUT2D eigenvalue weighted by molar-refractivity contribution is -0.126. The Balaban J connectivity index is 1.57. The molecular formula is C21H24N6O2. The lowest BCUT2D eigenvalue weighted by atomic mass is 9.92. The summed E-state index contributed by atoms with van der Waals surface area (Å²) < 4.78 is 9.86. The molecule has 0 N–H and O–H groups in total. The molecule has 1 aliphatic rings. The van der Waals surface area contributed by atoms with Crippen LogP contribution in [0.4, 0.5) is 0 Å². The predicted octanol–water partition coefficient (Wildman–Crippen LogP) is 2.30. The maximum Gasteiger partial charge on any atom is 0.298 e. The van der Waals surface area contributed by atoms with E-state index < -0.39 is 0 Å². The van der Waals surface area contributed by atoms with E-state index in [4.69, 9.17) is 9.72 Å². The molecule has 1 amide bonds. The molecule has 150 valence electrons. The molecule has 8 heteroatoms. The van der Waals surface area contributed by atoms with E-state index in [-0.39, 0.29) is 18.1 Å². The van der Waals surface area contributed by atoms with E-state index in [1.165, 1.54) is 0 Å². The Hall–Kier alpha value is -3.34. The number of fused-ring (bicyclic) bond motifs is 1. The molecule has 0 spiro atoms. The number of rotatable bonds is 4. The predicted molar refractivity (Wildman–Crippen MR) is 108 cm³/mol. The van der Waals surface area contributed by atoms with Crippen LogP contribution < -0.4 is 4.74 Å². The van der Waals surface area contributed by atoms with E-state index in [9.17, 15) is 4.79 Å². The molecule has 0 bridgehead atoms. The minimum atomic E-state index is -0.145. The van der Waals surface area contributed by atoms with Crippen LogP contribution in [-0.2, 0) is 11.8 Å². The lowest BCUT2D eigenvalue weighted by Crippen LogP contribution is -2.42. The van der Waals surface area contributed by atoms with Crippen LogP contribution in [0.25, 0.3) is 16.8 Å². The van der Waals surface area contributed by atoms with Gasteiger partial charge in [0.15, 0.2) is 0 Å². The first-order valence-electron chi connectivity index (χ1n) is 9.74. The van der Waals surface area contributed by atoms with Gasteiger partial charge >= 0.3 is 0 Å². The van der Waals surface area contributed by atoms with E-state index in [2.05, 4.69) is 22.0 Å². The number of carbonyl (C=O) groups excluding carboxylic acids is 1. The third kappa shape index (κ3) is 3.94. The van der Waals surface area contributed by atoms with Gasteiger partial charge in [-0.1, -0.05) is 5.92 Å². The van der Waals surface area contributed by atoms with Crippen molar-refractivity contribution in [2.24, 2.45) is 7.05 Å². The van der Waals surface area contributed by atoms with Crippen LogP contribution in [0.15, 0.2) is 30.9 Å². The highest BCUT2D eigenvalue weighted by atomic mass is 16.5. The van der Waals surface area contributed by atoms with Crippen LogP contribution in [0.1, 0.15) is 32.6 Å². The Morgan fingerprint density at radius 1 is 1.31 bits per heavy atom. The fourth-order valence-corrected chi connectivity index (χ4v) is 3.78. The van der Waals surface area contributed by atoms with Crippen LogP contribution in [0.2, 0.25) is 0 Å². The van der Waals surface area contributed by atoms with Gasteiger partial charge in [-0.25, -0.2) is 9.50 Å². The zero-order chi connectivity index (χ0) is 20.4. The Morgan fingerprint density at radius 3 is 2.93 bits per heavy atom. The molecule has 3 aromatic heterocycles. The molecule has 1 aliphatic carbocycles. The molecule has 0 saturated heterocycles. The number of ether oxygens (including phenoxy) is 1. The molecule has 2 atom stereocenters. The summed E-state index contributed by atoms with van der Waals surface area (Å²) in [4.78, 5) is 18.6. The van der Waals surface area contributed by atoms with Gasteiger partial charge in [-0.15, -0.1) is 0 Å². The van der Waals surface area contributed by atoms with Crippen molar-refractivity contribution in [3.8, 4) is 29.0 Å². The van der Waals surface area contributed by atoms with Crippen molar-refractivity contribution in [1.82, 2.24) is 29.3 Å². The van der Waals surface area contributed by atoms with Crippen LogP contribution in [0.3, 0.4) is 0 Å². The Bertz CT molecular complexity index is 1090. The molecule has 1 fully saturated rings. The lowest BCUT2D eigenvalue weighted by Gasteiger charge is -2.34. The average molecular weight is 392 g/mol. The van der Waals surface area contributed by atoms with Gasteiger partial charge in [-0.3, -0.25) is 9.48 Å². The van der Waals surface area contributed by atoms with E-state index in [0.29, 0.717) is 5.88 Å². The monoisotopic (exact) mass is 392 g/mol. The number of hydrogen-bond donors (Lipinski definition) is 0. The van der Waals surface area contributed by atoms with Gasteiger partial charge in [0.1, 0.15) is 11.6 Å². The Morgan fingerprint density at radius 2 is 2.17 bits per heavy atom. The normalized spacial score (nSPS) is 18.9. The number of amides is 1. The highest BCUT2D eigenvalue weighted by Crippen LogP contribution is 2.29. The van der Waals surface area contributed by atoms with Gasteiger partial charge in [0.05, 0.1) is 24.3 Å². The van der Waals surface area contributed by atoms with Gasteiger partial charge in [0.2, 0.25) is 5.88 Å². The Kier molecular flexibility index (Phi) is 5.21. The molecule has 8 nitrogen and oxygen atoms in total. The van der Waals surface area contributed by atoms with E-state index in [0.717, 1.165) is 42.5 Å². The second-order valence-electron chi connectivity index (χ2n) is 7.35. The fourth-order valence-electron chi connectivity index (χ4n) is 3.78. The first-order valence-corrected chi connectivity index (χ1v) is 9.74. The zero-order valence-electron chi connectivity index (χ0n) is 16.9. The molecule has 4 rings (SSSR count). The minimum Gasteiger partial charge on any atom is -0.473 e. The second kappa shape index (κ2) is 7.95. The van der Waals surface area contributed by atoms with Crippen LogP contribution in [0, 0.1) is 11.8 Å². The van der Waals surface area contributed by atoms with E-state index in [1.54, 1.807) is 33.4 Å². The molecule has 0 radical (unpaired) electrons. The Labute approximate surface area is 169 Å². The third-order valence-electron chi connectivity index (χ3n) is 5.33.